The van der Waals surface area contributed by atoms with Crippen molar-refractivity contribution in [3.8, 4) is 5.69 Å². The Labute approximate surface area is 167 Å². The molecule has 1 amide bonds. The minimum absolute atomic E-state index is 0.0316. The SMILES string of the molecule is Cc1ccc(C(=O)N2CCC[C@@H](Nc3ncc(Cl)cn3)C2)c(-n2nccn2)c1. The summed E-state index contributed by atoms with van der Waals surface area (Å²) in [6, 6.07) is 5.78. The topological polar surface area (TPSA) is 88.8 Å². The van der Waals surface area contributed by atoms with Crippen LogP contribution in [0, 0.1) is 6.92 Å². The number of aromatic nitrogens is 5. The second-order valence-electron chi connectivity index (χ2n) is 6.80. The maximum Gasteiger partial charge on any atom is 0.256 e. The van der Waals surface area contributed by atoms with Gasteiger partial charge in [0.15, 0.2) is 0 Å². The van der Waals surface area contributed by atoms with E-state index in [0.717, 1.165) is 18.4 Å². The van der Waals surface area contributed by atoms with Gasteiger partial charge < -0.3 is 10.2 Å². The molecule has 1 atom stereocenters. The predicted molar refractivity (Wildman–Crippen MR) is 106 cm³/mol. The molecule has 3 aromatic rings. The van der Waals surface area contributed by atoms with Crippen molar-refractivity contribution in [1.82, 2.24) is 29.9 Å². The molecule has 1 saturated heterocycles. The molecule has 28 heavy (non-hydrogen) atoms. The van der Waals surface area contributed by atoms with Crippen LogP contribution in [-0.2, 0) is 0 Å². The second-order valence-corrected chi connectivity index (χ2v) is 7.24. The first-order valence-corrected chi connectivity index (χ1v) is 9.48. The third-order valence-corrected chi connectivity index (χ3v) is 4.88. The molecule has 0 aliphatic carbocycles. The van der Waals surface area contributed by atoms with Crippen LogP contribution in [0.4, 0.5) is 5.95 Å². The molecule has 1 fully saturated rings. The lowest BCUT2D eigenvalue weighted by atomic mass is 10.0. The molecule has 0 spiro atoms. The van der Waals surface area contributed by atoms with Crippen molar-refractivity contribution in [2.75, 3.05) is 18.4 Å². The van der Waals surface area contributed by atoms with Gasteiger partial charge in [-0.15, -0.1) is 0 Å². The fourth-order valence-electron chi connectivity index (χ4n) is 3.35. The smallest absolute Gasteiger partial charge is 0.256 e. The zero-order chi connectivity index (χ0) is 19.5. The fourth-order valence-corrected chi connectivity index (χ4v) is 3.44. The fraction of sp³-hybridized carbons (Fsp3) is 0.316. The standard InChI is InChI=1S/C19H20ClN7O/c1-13-4-5-16(17(9-13)27-23-6-7-24-27)18(28)26-8-2-3-15(12-26)25-19-21-10-14(20)11-22-19/h4-7,9-11,15H,2-3,8,12H2,1H3,(H,21,22,25)/t15-/m1/s1. The largest absolute Gasteiger partial charge is 0.350 e. The summed E-state index contributed by atoms with van der Waals surface area (Å²) in [5.74, 6) is 0.483. The van der Waals surface area contributed by atoms with E-state index in [1.165, 1.54) is 4.80 Å². The van der Waals surface area contributed by atoms with E-state index in [2.05, 4.69) is 25.5 Å². The maximum absolute atomic E-state index is 13.3. The molecule has 144 valence electrons. The molecule has 1 aromatic carbocycles. The Morgan fingerprint density at radius 1 is 1.21 bits per heavy atom. The first kappa shape index (κ1) is 18.4. The predicted octanol–water partition coefficient (Wildman–Crippen LogP) is 2.74. The van der Waals surface area contributed by atoms with E-state index in [9.17, 15) is 4.79 Å². The third kappa shape index (κ3) is 3.96. The average Bonchev–Trinajstić information content (AvgIpc) is 3.24. The number of nitrogens with one attached hydrogen (secondary N) is 1. The Balaban J connectivity index is 1.53. The van der Waals surface area contributed by atoms with Crippen LogP contribution in [0.2, 0.25) is 5.02 Å². The number of piperidine rings is 1. The number of benzene rings is 1. The Morgan fingerprint density at radius 2 is 1.96 bits per heavy atom. The van der Waals surface area contributed by atoms with Crippen molar-refractivity contribution in [2.24, 2.45) is 0 Å². The van der Waals surface area contributed by atoms with Gasteiger partial charge in [0.25, 0.3) is 5.91 Å². The number of carbonyl (C=O) groups excluding carboxylic acids is 1. The number of halogens is 1. The summed E-state index contributed by atoms with van der Waals surface area (Å²) in [6.45, 7) is 3.26. The van der Waals surface area contributed by atoms with E-state index >= 15 is 0 Å². The molecule has 2 aromatic heterocycles. The van der Waals surface area contributed by atoms with Gasteiger partial charge in [-0.1, -0.05) is 17.7 Å². The minimum Gasteiger partial charge on any atom is -0.350 e. The first-order valence-electron chi connectivity index (χ1n) is 9.11. The number of rotatable bonds is 4. The van der Waals surface area contributed by atoms with Gasteiger partial charge in [0.2, 0.25) is 5.95 Å². The van der Waals surface area contributed by atoms with Crippen LogP contribution in [0.1, 0.15) is 28.8 Å². The summed E-state index contributed by atoms with van der Waals surface area (Å²) in [5, 5.41) is 12.2. The monoisotopic (exact) mass is 397 g/mol. The van der Waals surface area contributed by atoms with Crippen molar-refractivity contribution < 1.29 is 4.79 Å². The molecular formula is C19H20ClN7O. The van der Waals surface area contributed by atoms with Gasteiger partial charge in [0, 0.05) is 19.1 Å². The van der Waals surface area contributed by atoms with Gasteiger partial charge >= 0.3 is 0 Å². The lowest BCUT2D eigenvalue weighted by Crippen LogP contribution is -2.45. The second kappa shape index (κ2) is 7.93. The number of amides is 1. The van der Waals surface area contributed by atoms with E-state index in [-0.39, 0.29) is 11.9 Å². The number of hydrogen-bond acceptors (Lipinski definition) is 6. The molecule has 1 aliphatic rings. The Kier molecular flexibility index (Phi) is 5.21. The van der Waals surface area contributed by atoms with Crippen molar-refractivity contribution in [3.63, 3.8) is 0 Å². The average molecular weight is 398 g/mol. The van der Waals surface area contributed by atoms with Gasteiger partial charge in [-0.3, -0.25) is 4.79 Å². The van der Waals surface area contributed by atoms with Crippen molar-refractivity contribution >= 4 is 23.5 Å². The highest BCUT2D eigenvalue weighted by Gasteiger charge is 2.27. The number of hydrogen-bond donors (Lipinski definition) is 1. The van der Waals surface area contributed by atoms with Gasteiger partial charge in [-0.25, -0.2) is 9.97 Å². The Bertz CT molecular complexity index is 959. The van der Waals surface area contributed by atoms with E-state index in [1.807, 2.05) is 30.0 Å². The summed E-state index contributed by atoms with van der Waals surface area (Å²) in [4.78, 5) is 25.0. The highest BCUT2D eigenvalue weighted by molar-refractivity contribution is 6.30. The number of nitrogens with zero attached hydrogens (tertiary/aromatic N) is 6. The Hall–Kier alpha value is -3.00. The molecule has 4 rings (SSSR count). The molecule has 0 saturated carbocycles. The molecule has 9 heteroatoms. The molecule has 3 heterocycles. The van der Waals surface area contributed by atoms with Crippen LogP contribution in [0.5, 0.6) is 0 Å². The van der Waals surface area contributed by atoms with Crippen LogP contribution in [0.25, 0.3) is 5.69 Å². The van der Waals surface area contributed by atoms with Crippen LogP contribution >= 0.6 is 11.6 Å². The van der Waals surface area contributed by atoms with Gasteiger partial charge in [-0.05, 0) is 37.5 Å². The quantitative estimate of drug-likeness (QED) is 0.728. The zero-order valence-electron chi connectivity index (χ0n) is 15.4. The number of likely N-dealkylation sites (tertiary alicyclic amines) is 1. The number of aryl methyl sites for hydroxylation is 1. The summed E-state index contributed by atoms with van der Waals surface area (Å²) < 4.78 is 0. The molecule has 0 unspecified atom stereocenters. The Morgan fingerprint density at radius 3 is 2.71 bits per heavy atom. The van der Waals surface area contributed by atoms with Crippen molar-refractivity contribution in [3.05, 3.63) is 59.1 Å². The minimum atomic E-state index is -0.0316. The first-order chi connectivity index (χ1) is 13.6. The number of anilines is 1. The van der Waals surface area contributed by atoms with Gasteiger partial charge in [0.1, 0.15) is 0 Å². The van der Waals surface area contributed by atoms with Crippen molar-refractivity contribution in [2.45, 2.75) is 25.8 Å². The molecule has 0 radical (unpaired) electrons. The van der Waals surface area contributed by atoms with Gasteiger partial charge in [-0.2, -0.15) is 15.0 Å². The van der Waals surface area contributed by atoms with E-state index in [4.69, 9.17) is 11.6 Å². The lowest BCUT2D eigenvalue weighted by Gasteiger charge is -2.33. The van der Waals surface area contributed by atoms with E-state index < -0.39 is 0 Å². The highest BCUT2D eigenvalue weighted by atomic mass is 35.5. The lowest BCUT2D eigenvalue weighted by molar-refractivity contribution is 0.0714. The van der Waals surface area contributed by atoms with Crippen LogP contribution < -0.4 is 5.32 Å². The van der Waals surface area contributed by atoms with Gasteiger partial charge in [0.05, 0.1) is 41.1 Å². The molecule has 1 aliphatic heterocycles. The van der Waals surface area contributed by atoms with E-state index in [0.29, 0.717) is 35.3 Å². The van der Waals surface area contributed by atoms with Crippen molar-refractivity contribution in [1.29, 1.82) is 0 Å². The summed E-state index contributed by atoms with van der Waals surface area (Å²) in [7, 11) is 0. The number of carbonyl (C=O) groups is 1. The maximum atomic E-state index is 13.3. The van der Waals surface area contributed by atoms with E-state index in [1.54, 1.807) is 24.8 Å². The summed E-state index contributed by atoms with van der Waals surface area (Å²) >= 11 is 5.84. The molecule has 8 nitrogen and oxygen atoms in total. The molecule has 1 N–H and O–H groups in total. The molecule has 0 bridgehead atoms. The molecular weight excluding hydrogens is 378 g/mol. The van der Waals surface area contributed by atoms with Crippen LogP contribution in [0.3, 0.4) is 0 Å². The third-order valence-electron chi connectivity index (χ3n) is 4.68. The summed E-state index contributed by atoms with van der Waals surface area (Å²) in [5.41, 5.74) is 2.32. The normalized spacial score (nSPS) is 16.8. The summed E-state index contributed by atoms with van der Waals surface area (Å²) in [6.07, 6.45) is 8.15. The van der Waals surface area contributed by atoms with Crippen LogP contribution in [0.15, 0.2) is 43.0 Å². The highest BCUT2D eigenvalue weighted by Crippen LogP contribution is 2.21. The zero-order valence-corrected chi connectivity index (χ0v) is 16.2. The van der Waals surface area contributed by atoms with Crippen LogP contribution in [-0.4, -0.2) is 54.9 Å².